The third-order valence-corrected chi connectivity index (χ3v) is 5.84. The van der Waals surface area contributed by atoms with E-state index in [1.165, 1.54) is 19.3 Å². The first kappa shape index (κ1) is 17.6. The van der Waals surface area contributed by atoms with Crippen molar-refractivity contribution in [3.05, 3.63) is 48.9 Å². The van der Waals surface area contributed by atoms with Gasteiger partial charge in [0, 0.05) is 24.3 Å². The van der Waals surface area contributed by atoms with Gasteiger partial charge in [-0.3, -0.25) is 4.68 Å². The Morgan fingerprint density at radius 1 is 1.03 bits per heavy atom. The van der Waals surface area contributed by atoms with Crippen LogP contribution in [0.2, 0.25) is 0 Å². The summed E-state index contributed by atoms with van der Waals surface area (Å²) in [6.07, 6.45) is 10.6. The summed E-state index contributed by atoms with van der Waals surface area (Å²) in [5, 5.41) is 16.3. The first-order valence-electron chi connectivity index (χ1n) is 10.7. The molecule has 6 rings (SSSR count). The number of hydrogen-bond donors (Lipinski definition) is 2. The zero-order valence-electron chi connectivity index (χ0n) is 16.7. The topological polar surface area (TPSA) is 85.0 Å². The predicted molar refractivity (Wildman–Crippen MR) is 115 cm³/mol. The Bertz CT molecular complexity index is 1180. The van der Waals surface area contributed by atoms with Crippen molar-refractivity contribution in [1.29, 1.82) is 0 Å². The molecule has 30 heavy (non-hydrogen) atoms. The second-order valence-corrected chi connectivity index (χ2v) is 8.17. The number of piperidine rings is 1. The Morgan fingerprint density at radius 3 is 2.87 bits per heavy atom. The molecule has 1 saturated carbocycles. The van der Waals surface area contributed by atoms with Crippen molar-refractivity contribution < 1.29 is 0 Å². The van der Waals surface area contributed by atoms with Gasteiger partial charge in [0.05, 0.1) is 29.8 Å². The standard InChI is InChI=1S/C22H24N8/c1-4-19(27-21(5-1)26-16-3-2-10-23-12-16)20-13-24-22-9-8-18(28-30(20)22)15-11-25-29(14-15)17-6-7-17/h1,4-5,8-9,11,13-14,16-17,23H,2-3,6-7,10,12H2,(H,26,27)/t16-/m1/s1. The number of nitrogens with zero attached hydrogens (tertiary/aromatic N) is 6. The molecular formula is C22H24N8. The monoisotopic (exact) mass is 400 g/mol. The van der Waals surface area contributed by atoms with Crippen LogP contribution in [0.4, 0.5) is 5.82 Å². The van der Waals surface area contributed by atoms with Crippen LogP contribution in [-0.2, 0) is 0 Å². The summed E-state index contributed by atoms with van der Waals surface area (Å²) in [5.74, 6) is 0.887. The van der Waals surface area contributed by atoms with E-state index in [0.29, 0.717) is 12.1 Å². The largest absolute Gasteiger partial charge is 0.366 e. The van der Waals surface area contributed by atoms with Gasteiger partial charge in [-0.25, -0.2) is 14.5 Å². The molecule has 0 bridgehead atoms. The number of pyridine rings is 1. The lowest BCUT2D eigenvalue weighted by Crippen LogP contribution is -2.38. The summed E-state index contributed by atoms with van der Waals surface area (Å²) in [6.45, 7) is 2.07. The van der Waals surface area contributed by atoms with Gasteiger partial charge >= 0.3 is 0 Å². The zero-order valence-corrected chi connectivity index (χ0v) is 16.7. The summed E-state index contributed by atoms with van der Waals surface area (Å²) in [7, 11) is 0. The summed E-state index contributed by atoms with van der Waals surface area (Å²) >= 11 is 0. The van der Waals surface area contributed by atoms with Crippen molar-refractivity contribution in [2.45, 2.75) is 37.8 Å². The Balaban J connectivity index is 1.32. The molecular weight excluding hydrogens is 376 g/mol. The summed E-state index contributed by atoms with van der Waals surface area (Å²) in [6, 6.07) is 11.0. The van der Waals surface area contributed by atoms with Crippen LogP contribution in [0.3, 0.4) is 0 Å². The molecule has 0 unspecified atom stereocenters. The molecule has 5 heterocycles. The van der Waals surface area contributed by atoms with Crippen molar-refractivity contribution in [2.75, 3.05) is 18.4 Å². The van der Waals surface area contributed by atoms with E-state index in [0.717, 1.165) is 53.6 Å². The number of rotatable bonds is 5. The first-order chi connectivity index (χ1) is 14.8. The molecule has 1 aliphatic heterocycles. The van der Waals surface area contributed by atoms with E-state index < -0.39 is 0 Å². The van der Waals surface area contributed by atoms with E-state index >= 15 is 0 Å². The normalized spacial score (nSPS) is 19.3. The highest BCUT2D eigenvalue weighted by atomic mass is 15.3. The Morgan fingerprint density at radius 2 is 2.00 bits per heavy atom. The number of hydrogen-bond acceptors (Lipinski definition) is 6. The van der Waals surface area contributed by atoms with Crippen molar-refractivity contribution >= 4 is 11.5 Å². The Labute approximate surface area is 174 Å². The van der Waals surface area contributed by atoms with Gasteiger partial charge in [0.25, 0.3) is 0 Å². The molecule has 2 fully saturated rings. The fourth-order valence-corrected chi connectivity index (χ4v) is 4.05. The van der Waals surface area contributed by atoms with Crippen molar-refractivity contribution in [1.82, 2.24) is 34.7 Å². The fraction of sp³-hybridized carbons (Fsp3) is 0.364. The quantitative estimate of drug-likeness (QED) is 0.535. The Hall–Kier alpha value is -3.26. The maximum atomic E-state index is 4.85. The van der Waals surface area contributed by atoms with Crippen LogP contribution < -0.4 is 10.6 Å². The minimum absolute atomic E-state index is 0.413. The Kier molecular flexibility index (Phi) is 4.23. The van der Waals surface area contributed by atoms with E-state index in [4.69, 9.17) is 10.1 Å². The molecule has 0 aromatic carbocycles. The number of fused-ring (bicyclic) bond motifs is 1. The minimum Gasteiger partial charge on any atom is -0.366 e. The lowest BCUT2D eigenvalue weighted by Gasteiger charge is -2.24. The summed E-state index contributed by atoms with van der Waals surface area (Å²) in [4.78, 5) is 9.37. The molecule has 0 amide bonds. The van der Waals surface area contributed by atoms with Crippen LogP contribution in [0, 0.1) is 0 Å². The smallest absolute Gasteiger partial charge is 0.154 e. The van der Waals surface area contributed by atoms with E-state index in [-0.39, 0.29) is 0 Å². The van der Waals surface area contributed by atoms with Crippen molar-refractivity contribution in [2.24, 2.45) is 0 Å². The molecule has 0 spiro atoms. The molecule has 0 radical (unpaired) electrons. The molecule has 1 atom stereocenters. The van der Waals surface area contributed by atoms with Gasteiger partial charge in [-0.2, -0.15) is 10.2 Å². The maximum absolute atomic E-state index is 4.85. The van der Waals surface area contributed by atoms with Gasteiger partial charge in [0.2, 0.25) is 0 Å². The van der Waals surface area contributed by atoms with Gasteiger partial charge in [-0.1, -0.05) is 6.07 Å². The number of aromatic nitrogens is 6. The van der Waals surface area contributed by atoms with Gasteiger partial charge < -0.3 is 10.6 Å². The highest BCUT2D eigenvalue weighted by Crippen LogP contribution is 2.35. The first-order valence-corrected chi connectivity index (χ1v) is 10.7. The molecule has 2 N–H and O–H groups in total. The molecule has 4 aromatic heterocycles. The minimum atomic E-state index is 0.413. The van der Waals surface area contributed by atoms with E-state index in [1.807, 2.05) is 51.9 Å². The SMILES string of the molecule is c1cc(N[C@@H]2CCCNC2)nc(-c2cnc3ccc(-c4cnn(C5CC5)c4)nn23)c1. The van der Waals surface area contributed by atoms with Gasteiger partial charge in [-0.15, -0.1) is 0 Å². The molecule has 152 valence electrons. The number of imidazole rings is 1. The van der Waals surface area contributed by atoms with Crippen molar-refractivity contribution in [3.8, 4) is 22.6 Å². The van der Waals surface area contributed by atoms with Gasteiger partial charge in [-0.05, 0) is 56.5 Å². The average molecular weight is 400 g/mol. The number of nitrogens with one attached hydrogen (secondary N) is 2. The van der Waals surface area contributed by atoms with Crippen LogP contribution >= 0.6 is 0 Å². The van der Waals surface area contributed by atoms with Crippen molar-refractivity contribution in [3.63, 3.8) is 0 Å². The van der Waals surface area contributed by atoms with Crippen LogP contribution in [-0.4, -0.2) is 48.5 Å². The second kappa shape index (κ2) is 7.21. The van der Waals surface area contributed by atoms with Crippen LogP contribution in [0.5, 0.6) is 0 Å². The second-order valence-electron chi connectivity index (χ2n) is 8.17. The molecule has 8 heteroatoms. The maximum Gasteiger partial charge on any atom is 0.154 e. The lowest BCUT2D eigenvalue weighted by atomic mass is 10.1. The fourth-order valence-electron chi connectivity index (χ4n) is 4.05. The molecule has 1 aliphatic carbocycles. The predicted octanol–water partition coefficient (Wildman–Crippen LogP) is 3.15. The van der Waals surface area contributed by atoms with Gasteiger partial charge in [0.15, 0.2) is 5.65 Å². The van der Waals surface area contributed by atoms with E-state index in [9.17, 15) is 0 Å². The molecule has 4 aromatic rings. The average Bonchev–Trinajstić information content (AvgIpc) is 3.36. The molecule has 2 aliphatic rings. The highest BCUT2D eigenvalue weighted by Gasteiger charge is 2.24. The molecule has 8 nitrogen and oxygen atoms in total. The lowest BCUT2D eigenvalue weighted by molar-refractivity contribution is 0.479. The molecule has 1 saturated heterocycles. The zero-order chi connectivity index (χ0) is 19.9. The van der Waals surface area contributed by atoms with Crippen LogP contribution in [0.1, 0.15) is 31.7 Å². The van der Waals surface area contributed by atoms with Crippen LogP contribution in [0.25, 0.3) is 28.3 Å². The summed E-state index contributed by atoms with van der Waals surface area (Å²) < 4.78 is 3.92. The van der Waals surface area contributed by atoms with Crippen LogP contribution in [0.15, 0.2) is 48.9 Å². The third kappa shape index (κ3) is 3.33. The number of anilines is 1. The van der Waals surface area contributed by atoms with E-state index in [2.05, 4.69) is 26.9 Å². The highest BCUT2D eigenvalue weighted by molar-refractivity contribution is 5.64. The van der Waals surface area contributed by atoms with Gasteiger partial charge in [0.1, 0.15) is 11.5 Å². The third-order valence-electron chi connectivity index (χ3n) is 5.84. The van der Waals surface area contributed by atoms with E-state index in [1.54, 1.807) is 0 Å². The summed E-state index contributed by atoms with van der Waals surface area (Å²) in [5.41, 5.74) is 4.45.